The van der Waals surface area contributed by atoms with Crippen LogP contribution in [0.3, 0.4) is 0 Å². The van der Waals surface area contributed by atoms with Crippen LogP contribution in [-0.4, -0.2) is 59.7 Å². The van der Waals surface area contributed by atoms with Crippen molar-refractivity contribution in [2.24, 2.45) is 0 Å². The van der Waals surface area contributed by atoms with Crippen LogP contribution in [0.2, 0.25) is 0 Å². The molecule has 2 aromatic rings. The third-order valence-corrected chi connectivity index (χ3v) is 7.74. The lowest BCUT2D eigenvalue weighted by Gasteiger charge is -2.10. The quantitative estimate of drug-likeness (QED) is 0.476. The van der Waals surface area contributed by atoms with E-state index in [0.29, 0.717) is 17.8 Å². The van der Waals surface area contributed by atoms with Crippen LogP contribution in [0.15, 0.2) is 21.2 Å². The zero-order valence-electron chi connectivity index (χ0n) is 16.0. The SMILES string of the molecule is CCCS(=O)c1csc(C(=O)O)c1S(=O)(=O)NC(=O)Nc1nc(OC)cc(OC)n1. The molecule has 2 aromatic heterocycles. The van der Waals surface area contributed by atoms with Crippen molar-refractivity contribution in [3.05, 3.63) is 16.3 Å². The van der Waals surface area contributed by atoms with Gasteiger partial charge < -0.3 is 14.6 Å². The number of aromatic carboxylic acids is 1. The molecular weight excluding hydrogens is 460 g/mol. The highest BCUT2D eigenvalue weighted by Gasteiger charge is 2.32. The molecule has 12 nitrogen and oxygen atoms in total. The van der Waals surface area contributed by atoms with Crippen molar-refractivity contribution in [2.45, 2.75) is 23.1 Å². The Morgan fingerprint density at radius 3 is 2.33 bits per heavy atom. The fourth-order valence-electron chi connectivity index (χ4n) is 2.15. The number of carboxylic acid groups (broad SMARTS) is 1. The van der Waals surface area contributed by atoms with E-state index in [1.807, 2.05) is 0 Å². The molecular formula is C15H18N4O8S3. The van der Waals surface area contributed by atoms with E-state index in [2.05, 4.69) is 15.3 Å². The fraction of sp³-hybridized carbons (Fsp3) is 0.333. The van der Waals surface area contributed by atoms with Crippen molar-refractivity contribution < 1.29 is 36.8 Å². The number of nitrogens with zero attached hydrogens (tertiary/aromatic N) is 2. The van der Waals surface area contributed by atoms with Gasteiger partial charge in [0.05, 0.1) is 36.0 Å². The first-order valence-electron chi connectivity index (χ1n) is 8.17. The van der Waals surface area contributed by atoms with Crippen LogP contribution in [0.5, 0.6) is 11.8 Å². The number of ether oxygens (including phenoxy) is 2. The molecule has 0 aliphatic carbocycles. The number of urea groups is 1. The maximum atomic E-state index is 12.7. The Morgan fingerprint density at radius 1 is 1.23 bits per heavy atom. The fourth-order valence-corrected chi connectivity index (χ4v) is 6.56. The number of rotatable bonds is 9. The Morgan fingerprint density at radius 2 is 1.83 bits per heavy atom. The molecule has 3 N–H and O–H groups in total. The lowest BCUT2D eigenvalue weighted by atomic mass is 10.5. The number of nitrogens with one attached hydrogen (secondary N) is 2. The van der Waals surface area contributed by atoms with E-state index >= 15 is 0 Å². The molecule has 0 aromatic carbocycles. The number of methoxy groups -OCH3 is 2. The topological polar surface area (TPSA) is 174 Å². The van der Waals surface area contributed by atoms with Gasteiger partial charge in [0.1, 0.15) is 9.77 Å². The van der Waals surface area contributed by atoms with Crippen molar-refractivity contribution >= 4 is 50.1 Å². The van der Waals surface area contributed by atoms with E-state index in [9.17, 15) is 27.3 Å². The average Bonchev–Trinajstić information content (AvgIpc) is 3.14. The third-order valence-electron chi connectivity index (χ3n) is 3.36. The number of thiophene rings is 1. The number of sulfonamides is 1. The van der Waals surface area contributed by atoms with Crippen LogP contribution in [0.4, 0.5) is 10.7 Å². The smallest absolute Gasteiger partial charge is 0.347 e. The van der Waals surface area contributed by atoms with E-state index in [0.717, 1.165) is 0 Å². The molecule has 1 atom stereocenters. The highest BCUT2D eigenvalue weighted by molar-refractivity contribution is 7.91. The highest BCUT2D eigenvalue weighted by Crippen LogP contribution is 2.30. The molecule has 1 unspecified atom stereocenters. The Labute approximate surface area is 178 Å². The summed E-state index contributed by atoms with van der Waals surface area (Å²) < 4.78 is 49.4. The number of carbonyl (C=O) groups excluding carboxylic acids is 1. The summed E-state index contributed by atoms with van der Waals surface area (Å²) in [6, 6.07) is 0.0692. The zero-order valence-corrected chi connectivity index (χ0v) is 18.4. The van der Waals surface area contributed by atoms with E-state index in [1.54, 1.807) is 11.6 Å². The van der Waals surface area contributed by atoms with Crippen molar-refractivity contribution in [2.75, 3.05) is 25.3 Å². The maximum Gasteiger partial charge on any atom is 0.347 e. The van der Waals surface area contributed by atoms with Crippen molar-refractivity contribution in [3.8, 4) is 11.8 Å². The molecule has 2 rings (SSSR count). The standard InChI is InChI=1S/C15H18N4O8S3/c1-4-5-29(23)8-7-28-11(13(20)21)12(8)30(24,25)19-15(22)18-14-16-9(26-2)6-10(17-14)27-3/h6-7H,4-5H2,1-3H3,(H,20,21)(H2,16,17,18,19,22). The molecule has 0 aliphatic heterocycles. The summed E-state index contributed by atoms with van der Waals surface area (Å²) in [6.07, 6.45) is 0.479. The summed E-state index contributed by atoms with van der Waals surface area (Å²) in [5, 5.41) is 12.6. The largest absolute Gasteiger partial charge is 0.481 e. The Hall–Kier alpha value is -2.78. The molecule has 0 fully saturated rings. The van der Waals surface area contributed by atoms with Gasteiger partial charge in [0.2, 0.25) is 17.7 Å². The van der Waals surface area contributed by atoms with Gasteiger partial charge in [-0.05, 0) is 6.42 Å². The number of carbonyl (C=O) groups is 2. The molecule has 15 heteroatoms. The molecule has 0 radical (unpaired) electrons. The van der Waals surface area contributed by atoms with Gasteiger partial charge in [-0.3, -0.25) is 9.53 Å². The lowest BCUT2D eigenvalue weighted by molar-refractivity contribution is 0.0698. The van der Waals surface area contributed by atoms with Gasteiger partial charge in [-0.15, -0.1) is 11.3 Å². The molecule has 2 heterocycles. The van der Waals surface area contributed by atoms with Crippen molar-refractivity contribution in [1.82, 2.24) is 14.7 Å². The number of carboxylic acids is 1. The van der Waals surface area contributed by atoms with Crippen LogP contribution in [-0.2, 0) is 20.8 Å². The Bertz CT molecular complexity index is 1060. The van der Waals surface area contributed by atoms with Crippen LogP contribution in [0.1, 0.15) is 23.0 Å². The average molecular weight is 479 g/mol. The van der Waals surface area contributed by atoms with Crippen LogP contribution < -0.4 is 19.5 Å². The summed E-state index contributed by atoms with van der Waals surface area (Å²) in [6.45, 7) is 1.74. The molecule has 0 saturated carbocycles. The van der Waals surface area contributed by atoms with Gasteiger partial charge in [-0.2, -0.15) is 9.97 Å². The van der Waals surface area contributed by atoms with E-state index in [-0.39, 0.29) is 28.4 Å². The maximum absolute atomic E-state index is 12.7. The first kappa shape index (κ1) is 23.5. The predicted octanol–water partition coefficient (Wildman–Crippen LogP) is 1.28. The van der Waals surface area contributed by atoms with Crippen molar-refractivity contribution in [1.29, 1.82) is 0 Å². The summed E-state index contributed by atoms with van der Waals surface area (Å²) >= 11 is 0.605. The Balaban J connectivity index is 2.35. The highest BCUT2D eigenvalue weighted by atomic mass is 32.2. The zero-order chi connectivity index (χ0) is 22.5. The number of amides is 2. The molecule has 0 bridgehead atoms. The van der Waals surface area contributed by atoms with E-state index in [4.69, 9.17) is 9.47 Å². The first-order valence-corrected chi connectivity index (χ1v) is 11.8. The first-order chi connectivity index (χ1) is 14.1. The second kappa shape index (κ2) is 9.82. The number of hydrogen-bond donors (Lipinski definition) is 3. The third kappa shape index (κ3) is 5.43. The lowest BCUT2D eigenvalue weighted by Crippen LogP contribution is -2.35. The van der Waals surface area contributed by atoms with Crippen molar-refractivity contribution in [3.63, 3.8) is 0 Å². The van der Waals surface area contributed by atoms with Gasteiger partial charge in [-0.25, -0.2) is 22.7 Å². The van der Waals surface area contributed by atoms with Gasteiger partial charge in [0, 0.05) is 11.1 Å². The Kier molecular flexibility index (Phi) is 7.69. The molecule has 0 aliphatic rings. The summed E-state index contributed by atoms with van der Waals surface area (Å²) in [5.74, 6) is -1.63. The van der Waals surface area contributed by atoms with Crippen LogP contribution in [0, 0.1) is 0 Å². The van der Waals surface area contributed by atoms with Gasteiger partial charge in [-0.1, -0.05) is 6.92 Å². The van der Waals surface area contributed by atoms with E-state index in [1.165, 1.54) is 25.7 Å². The minimum Gasteiger partial charge on any atom is -0.481 e. The van der Waals surface area contributed by atoms with Crippen LogP contribution in [0.25, 0.3) is 0 Å². The van der Waals surface area contributed by atoms with E-state index < -0.39 is 42.6 Å². The summed E-state index contributed by atoms with van der Waals surface area (Å²) in [7, 11) is -3.81. The second-order valence-corrected chi connectivity index (χ2v) is 9.49. The predicted molar refractivity (Wildman–Crippen MR) is 107 cm³/mol. The molecule has 2 amide bonds. The monoisotopic (exact) mass is 478 g/mol. The number of hydrogen-bond acceptors (Lipinski definition) is 10. The van der Waals surface area contributed by atoms with Gasteiger partial charge >= 0.3 is 12.0 Å². The minimum absolute atomic E-state index is 0.0447. The molecule has 0 spiro atoms. The molecule has 30 heavy (non-hydrogen) atoms. The molecule has 0 saturated heterocycles. The second-order valence-electron chi connectivity index (χ2n) is 5.45. The molecule has 164 valence electrons. The minimum atomic E-state index is -4.68. The normalized spacial score (nSPS) is 12.1. The summed E-state index contributed by atoms with van der Waals surface area (Å²) in [5.41, 5.74) is 0. The van der Waals surface area contributed by atoms with Crippen LogP contribution >= 0.6 is 11.3 Å². The van der Waals surface area contributed by atoms with Gasteiger partial charge in [0.15, 0.2) is 0 Å². The van der Waals surface area contributed by atoms with Gasteiger partial charge in [0.25, 0.3) is 10.0 Å². The number of aromatic nitrogens is 2. The summed E-state index contributed by atoms with van der Waals surface area (Å²) in [4.78, 5) is 29.9. The number of anilines is 1.